The van der Waals surface area contributed by atoms with Gasteiger partial charge < -0.3 is 10.5 Å². The maximum atomic E-state index is 5.29. The summed E-state index contributed by atoms with van der Waals surface area (Å²) in [5.41, 5.74) is 5.28. The molecule has 2 nitrogen and oxygen atoms in total. The lowest BCUT2D eigenvalue weighted by Crippen LogP contribution is -2.17. The molecule has 0 aromatic heterocycles. The van der Waals surface area contributed by atoms with Gasteiger partial charge in [0.2, 0.25) is 0 Å². The SMILES string of the molecule is NC(=S)COc1ccccc1Br. The van der Waals surface area contributed by atoms with Crippen molar-refractivity contribution in [3.05, 3.63) is 28.7 Å². The van der Waals surface area contributed by atoms with Crippen LogP contribution < -0.4 is 10.5 Å². The summed E-state index contributed by atoms with van der Waals surface area (Å²) in [4.78, 5) is 0.353. The summed E-state index contributed by atoms with van der Waals surface area (Å²) in [7, 11) is 0. The van der Waals surface area contributed by atoms with Crippen LogP contribution in [-0.2, 0) is 0 Å². The molecular weight excluding hydrogens is 238 g/mol. The largest absolute Gasteiger partial charge is 0.485 e. The average molecular weight is 246 g/mol. The lowest BCUT2D eigenvalue weighted by Gasteiger charge is -2.05. The van der Waals surface area contributed by atoms with Gasteiger partial charge in [-0.2, -0.15) is 0 Å². The second kappa shape index (κ2) is 4.42. The van der Waals surface area contributed by atoms with Crippen LogP contribution in [0, 0.1) is 0 Å². The second-order valence-electron chi connectivity index (χ2n) is 2.19. The predicted molar refractivity (Wildman–Crippen MR) is 56.4 cm³/mol. The zero-order valence-corrected chi connectivity index (χ0v) is 8.69. The van der Waals surface area contributed by atoms with E-state index in [-0.39, 0.29) is 6.61 Å². The van der Waals surface area contributed by atoms with Gasteiger partial charge in [0.1, 0.15) is 17.3 Å². The molecule has 0 aliphatic rings. The van der Waals surface area contributed by atoms with Gasteiger partial charge in [-0.15, -0.1) is 0 Å². The lowest BCUT2D eigenvalue weighted by molar-refractivity contribution is 0.375. The average Bonchev–Trinajstić information content (AvgIpc) is 2.03. The van der Waals surface area contributed by atoms with Crippen LogP contribution >= 0.6 is 28.1 Å². The maximum Gasteiger partial charge on any atom is 0.138 e. The Balaban J connectivity index is 2.63. The molecule has 0 atom stereocenters. The number of para-hydroxylation sites is 1. The summed E-state index contributed by atoms with van der Waals surface area (Å²) in [5, 5.41) is 0. The fraction of sp³-hybridized carbons (Fsp3) is 0.125. The van der Waals surface area contributed by atoms with Gasteiger partial charge >= 0.3 is 0 Å². The predicted octanol–water partition coefficient (Wildman–Crippen LogP) is 2.11. The highest BCUT2D eigenvalue weighted by atomic mass is 79.9. The minimum Gasteiger partial charge on any atom is -0.485 e. The van der Waals surface area contributed by atoms with E-state index in [0.717, 1.165) is 10.2 Å². The third-order valence-corrected chi connectivity index (χ3v) is 1.98. The molecule has 0 unspecified atom stereocenters. The molecule has 12 heavy (non-hydrogen) atoms. The lowest BCUT2D eigenvalue weighted by atomic mass is 10.3. The first kappa shape index (κ1) is 9.48. The molecule has 0 fully saturated rings. The fourth-order valence-corrected chi connectivity index (χ4v) is 1.17. The van der Waals surface area contributed by atoms with Crippen molar-refractivity contribution in [1.82, 2.24) is 0 Å². The Morgan fingerprint density at radius 2 is 2.17 bits per heavy atom. The monoisotopic (exact) mass is 245 g/mol. The Kier molecular flexibility index (Phi) is 3.49. The van der Waals surface area contributed by atoms with E-state index in [4.69, 9.17) is 10.5 Å². The van der Waals surface area contributed by atoms with Gasteiger partial charge in [-0.1, -0.05) is 24.4 Å². The van der Waals surface area contributed by atoms with Crippen molar-refractivity contribution in [2.24, 2.45) is 5.73 Å². The third-order valence-electron chi connectivity index (χ3n) is 1.21. The molecule has 0 saturated heterocycles. The highest BCUT2D eigenvalue weighted by Crippen LogP contribution is 2.23. The standard InChI is InChI=1S/C8H8BrNOS/c9-6-3-1-2-4-7(6)11-5-8(10)12/h1-4H,5H2,(H2,10,12). The zero-order chi connectivity index (χ0) is 8.97. The molecule has 4 heteroatoms. The number of halogens is 1. The minimum absolute atomic E-state index is 0.276. The van der Waals surface area contributed by atoms with Crippen molar-refractivity contribution < 1.29 is 4.74 Å². The molecule has 0 radical (unpaired) electrons. The Morgan fingerprint density at radius 3 is 2.75 bits per heavy atom. The molecule has 2 N–H and O–H groups in total. The number of thiocarbonyl (C=S) groups is 1. The molecule has 0 heterocycles. The van der Waals surface area contributed by atoms with E-state index in [1.165, 1.54) is 0 Å². The smallest absolute Gasteiger partial charge is 0.138 e. The Morgan fingerprint density at radius 1 is 1.50 bits per heavy atom. The van der Waals surface area contributed by atoms with E-state index in [9.17, 15) is 0 Å². The summed E-state index contributed by atoms with van der Waals surface area (Å²) < 4.78 is 6.19. The highest BCUT2D eigenvalue weighted by molar-refractivity contribution is 9.10. The molecule has 0 bridgehead atoms. The van der Waals surface area contributed by atoms with Crippen molar-refractivity contribution in [2.45, 2.75) is 0 Å². The van der Waals surface area contributed by atoms with Gasteiger partial charge in [0.25, 0.3) is 0 Å². The molecule has 0 amide bonds. The minimum atomic E-state index is 0.276. The third kappa shape index (κ3) is 2.79. The van der Waals surface area contributed by atoms with E-state index in [1.54, 1.807) is 0 Å². The highest BCUT2D eigenvalue weighted by Gasteiger charge is 1.98. The van der Waals surface area contributed by atoms with Crippen molar-refractivity contribution in [1.29, 1.82) is 0 Å². The quantitative estimate of drug-likeness (QED) is 0.829. The summed E-state index contributed by atoms with van der Waals surface area (Å²) >= 11 is 8.01. The van der Waals surface area contributed by atoms with Crippen LogP contribution in [0.3, 0.4) is 0 Å². The molecule has 0 aliphatic heterocycles. The number of benzene rings is 1. The zero-order valence-electron chi connectivity index (χ0n) is 6.29. The second-order valence-corrected chi connectivity index (χ2v) is 3.56. The molecule has 0 saturated carbocycles. The Hall–Kier alpha value is -0.610. The maximum absolute atomic E-state index is 5.29. The van der Waals surface area contributed by atoms with Gasteiger partial charge in [-0.05, 0) is 28.1 Å². The molecular formula is C8H8BrNOS. The Bertz CT molecular complexity index is 290. The van der Waals surface area contributed by atoms with Crippen molar-refractivity contribution in [3.63, 3.8) is 0 Å². The van der Waals surface area contributed by atoms with Crippen LogP contribution in [0.2, 0.25) is 0 Å². The van der Waals surface area contributed by atoms with Crippen LogP contribution in [0.5, 0.6) is 5.75 Å². The van der Waals surface area contributed by atoms with Crippen LogP contribution in [0.15, 0.2) is 28.7 Å². The van der Waals surface area contributed by atoms with Gasteiger partial charge in [0, 0.05) is 0 Å². The van der Waals surface area contributed by atoms with Gasteiger partial charge in [-0.3, -0.25) is 0 Å². The summed E-state index contributed by atoms with van der Waals surface area (Å²) in [6.45, 7) is 0.276. The van der Waals surface area contributed by atoms with Gasteiger partial charge in [0.05, 0.1) is 4.47 Å². The summed E-state index contributed by atoms with van der Waals surface area (Å²) in [5.74, 6) is 0.755. The molecule has 64 valence electrons. The van der Waals surface area contributed by atoms with Gasteiger partial charge in [0.15, 0.2) is 0 Å². The molecule has 0 aliphatic carbocycles. The Labute approximate surface area is 84.8 Å². The van der Waals surface area contributed by atoms with E-state index < -0.39 is 0 Å². The fourth-order valence-electron chi connectivity index (χ4n) is 0.711. The van der Waals surface area contributed by atoms with Crippen molar-refractivity contribution >= 4 is 33.1 Å². The number of ether oxygens (including phenoxy) is 1. The van der Waals surface area contributed by atoms with Crippen LogP contribution in [0.1, 0.15) is 0 Å². The number of hydrogen-bond acceptors (Lipinski definition) is 2. The molecule has 1 aromatic rings. The van der Waals surface area contributed by atoms with Crippen LogP contribution in [-0.4, -0.2) is 11.6 Å². The first-order valence-electron chi connectivity index (χ1n) is 3.36. The van der Waals surface area contributed by atoms with Crippen LogP contribution in [0.4, 0.5) is 0 Å². The van der Waals surface area contributed by atoms with E-state index in [1.807, 2.05) is 24.3 Å². The normalized spacial score (nSPS) is 9.42. The summed E-state index contributed by atoms with van der Waals surface area (Å²) in [6.07, 6.45) is 0. The summed E-state index contributed by atoms with van der Waals surface area (Å²) in [6, 6.07) is 7.55. The van der Waals surface area contributed by atoms with Gasteiger partial charge in [-0.25, -0.2) is 0 Å². The van der Waals surface area contributed by atoms with E-state index in [0.29, 0.717) is 4.99 Å². The number of nitrogens with two attached hydrogens (primary N) is 1. The molecule has 0 spiro atoms. The number of rotatable bonds is 3. The van der Waals surface area contributed by atoms with E-state index >= 15 is 0 Å². The number of hydrogen-bond donors (Lipinski definition) is 1. The van der Waals surface area contributed by atoms with Crippen LogP contribution in [0.25, 0.3) is 0 Å². The molecule has 1 rings (SSSR count). The molecule has 1 aromatic carbocycles. The van der Waals surface area contributed by atoms with Crippen molar-refractivity contribution in [3.8, 4) is 5.75 Å². The topological polar surface area (TPSA) is 35.2 Å². The van der Waals surface area contributed by atoms with Crippen molar-refractivity contribution in [2.75, 3.05) is 6.61 Å². The first-order chi connectivity index (χ1) is 5.70. The first-order valence-corrected chi connectivity index (χ1v) is 4.56. The van der Waals surface area contributed by atoms with E-state index in [2.05, 4.69) is 28.1 Å².